The Balaban J connectivity index is 2.75. The standard InChI is InChI=1S/C11H15F3N2O4/c1-15(2)8(17)4-16(5-11(12,13)14)9(18)6-3-7(6)10(19)20/h6-7H,3-5H2,1-2H3,(H,19,20)/t6-,7+/m1/s1. The predicted octanol–water partition coefficient (Wildman–Crippen LogP) is 0.186. The molecule has 0 radical (unpaired) electrons. The van der Waals surface area contributed by atoms with Crippen molar-refractivity contribution in [2.75, 3.05) is 27.2 Å². The Morgan fingerprint density at radius 3 is 2.10 bits per heavy atom. The van der Waals surface area contributed by atoms with Crippen LogP contribution in [0.3, 0.4) is 0 Å². The minimum absolute atomic E-state index is 0.0126. The van der Waals surface area contributed by atoms with E-state index in [9.17, 15) is 27.6 Å². The number of carboxylic acid groups (broad SMARTS) is 1. The van der Waals surface area contributed by atoms with E-state index in [1.54, 1.807) is 0 Å². The molecule has 114 valence electrons. The molecule has 0 saturated heterocycles. The van der Waals surface area contributed by atoms with Gasteiger partial charge in [-0.15, -0.1) is 0 Å². The van der Waals surface area contributed by atoms with E-state index in [2.05, 4.69) is 0 Å². The van der Waals surface area contributed by atoms with Gasteiger partial charge in [0.1, 0.15) is 13.1 Å². The number of halogens is 3. The number of hydrogen-bond acceptors (Lipinski definition) is 3. The first-order valence-corrected chi connectivity index (χ1v) is 5.81. The lowest BCUT2D eigenvalue weighted by atomic mass is 10.2. The van der Waals surface area contributed by atoms with Crippen LogP contribution in [0.1, 0.15) is 6.42 Å². The Morgan fingerprint density at radius 2 is 1.75 bits per heavy atom. The molecule has 0 spiro atoms. The fourth-order valence-corrected chi connectivity index (χ4v) is 1.71. The summed E-state index contributed by atoms with van der Waals surface area (Å²) in [5.41, 5.74) is 0. The van der Waals surface area contributed by atoms with Crippen molar-refractivity contribution < 1.29 is 32.7 Å². The third-order valence-corrected chi connectivity index (χ3v) is 2.93. The average Bonchev–Trinajstić information content (AvgIpc) is 3.04. The van der Waals surface area contributed by atoms with Gasteiger partial charge in [0.25, 0.3) is 0 Å². The van der Waals surface area contributed by atoms with Crippen molar-refractivity contribution in [3.63, 3.8) is 0 Å². The molecule has 0 aliphatic heterocycles. The van der Waals surface area contributed by atoms with Crippen LogP contribution in [0, 0.1) is 11.8 Å². The number of amides is 2. The van der Waals surface area contributed by atoms with Crippen LogP contribution < -0.4 is 0 Å². The summed E-state index contributed by atoms with van der Waals surface area (Å²) in [7, 11) is 2.71. The van der Waals surface area contributed by atoms with Gasteiger partial charge in [0.2, 0.25) is 11.8 Å². The predicted molar refractivity (Wildman–Crippen MR) is 60.6 cm³/mol. The van der Waals surface area contributed by atoms with Crippen LogP contribution in [0.5, 0.6) is 0 Å². The van der Waals surface area contributed by atoms with Gasteiger partial charge in [0.05, 0.1) is 11.8 Å². The average molecular weight is 296 g/mol. The number of hydrogen-bond donors (Lipinski definition) is 1. The lowest BCUT2D eigenvalue weighted by molar-refractivity contribution is -0.165. The molecule has 9 heteroatoms. The normalized spacial score (nSPS) is 21.2. The van der Waals surface area contributed by atoms with E-state index in [1.807, 2.05) is 0 Å². The van der Waals surface area contributed by atoms with Crippen molar-refractivity contribution in [3.05, 3.63) is 0 Å². The van der Waals surface area contributed by atoms with E-state index in [0.29, 0.717) is 4.90 Å². The van der Waals surface area contributed by atoms with Gasteiger partial charge in [-0.1, -0.05) is 0 Å². The van der Waals surface area contributed by atoms with Crippen LogP contribution in [0.25, 0.3) is 0 Å². The Morgan fingerprint density at radius 1 is 1.20 bits per heavy atom. The van der Waals surface area contributed by atoms with Gasteiger partial charge in [-0.2, -0.15) is 13.2 Å². The maximum absolute atomic E-state index is 12.4. The van der Waals surface area contributed by atoms with Crippen LogP contribution in [-0.4, -0.2) is 66.1 Å². The summed E-state index contributed by atoms with van der Waals surface area (Å²) in [5.74, 6) is -4.73. The molecule has 6 nitrogen and oxygen atoms in total. The van der Waals surface area contributed by atoms with Crippen molar-refractivity contribution in [1.29, 1.82) is 0 Å². The highest BCUT2D eigenvalue weighted by Crippen LogP contribution is 2.40. The van der Waals surface area contributed by atoms with Crippen molar-refractivity contribution in [2.24, 2.45) is 11.8 Å². The lowest BCUT2D eigenvalue weighted by Gasteiger charge is -2.25. The summed E-state index contributed by atoms with van der Waals surface area (Å²) in [6.07, 6.45) is -4.63. The second-order valence-electron chi connectivity index (χ2n) is 4.88. The molecule has 1 saturated carbocycles. The molecule has 2 atom stereocenters. The van der Waals surface area contributed by atoms with Gasteiger partial charge in [-0.3, -0.25) is 14.4 Å². The number of carbonyl (C=O) groups is 3. The van der Waals surface area contributed by atoms with Gasteiger partial charge in [0.15, 0.2) is 0 Å². The number of likely N-dealkylation sites (N-methyl/N-ethyl adjacent to an activating group) is 1. The zero-order chi connectivity index (χ0) is 15.7. The molecule has 1 rings (SSSR count). The SMILES string of the molecule is CN(C)C(=O)CN(CC(F)(F)F)C(=O)[C@@H]1C[C@@H]1C(=O)O. The molecular formula is C11H15F3N2O4. The van der Waals surface area contributed by atoms with Crippen LogP contribution in [0.15, 0.2) is 0 Å². The van der Waals surface area contributed by atoms with Crippen LogP contribution >= 0.6 is 0 Å². The van der Waals surface area contributed by atoms with Crippen molar-refractivity contribution in [1.82, 2.24) is 9.80 Å². The second kappa shape index (κ2) is 5.68. The second-order valence-corrected chi connectivity index (χ2v) is 4.88. The van der Waals surface area contributed by atoms with Crippen LogP contribution in [0.2, 0.25) is 0 Å². The van der Waals surface area contributed by atoms with E-state index in [1.165, 1.54) is 14.1 Å². The largest absolute Gasteiger partial charge is 0.481 e. The minimum Gasteiger partial charge on any atom is -0.481 e. The number of carbonyl (C=O) groups excluding carboxylic acids is 2. The Labute approximate surface area is 113 Å². The van der Waals surface area contributed by atoms with Crippen molar-refractivity contribution in [3.8, 4) is 0 Å². The smallest absolute Gasteiger partial charge is 0.406 e. The summed E-state index contributed by atoms with van der Waals surface area (Å²) in [4.78, 5) is 35.4. The Kier molecular flexibility index (Phi) is 4.61. The summed E-state index contributed by atoms with van der Waals surface area (Å²) < 4.78 is 37.3. The van der Waals surface area contributed by atoms with Crippen LogP contribution in [-0.2, 0) is 14.4 Å². The summed E-state index contributed by atoms with van der Waals surface area (Å²) in [5, 5.41) is 8.69. The van der Waals surface area contributed by atoms with E-state index in [4.69, 9.17) is 5.11 Å². The zero-order valence-corrected chi connectivity index (χ0v) is 11.0. The van der Waals surface area contributed by atoms with Crippen molar-refractivity contribution >= 4 is 17.8 Å². The molecule has 1 aliphatic rings. The Hall–Kier alpha value is -1.80. The van der Waals surface area contributed by atoms with E-state index in [-0.39, 0.29) is 6.42 Å². The molecule has 0 bridgehead atoms. The maximum atomic E-state index is 12.4. The first kappa shape index (κ1) is 16.3. The molecule has 1 fully saturated rings. The molecule has 1 aliphatic carbocycles. The Bertz CT molecular complexity index is 422. The maximum Gasteiger partial charge on any atom is 0.406 e. The molecule has 0 heterocycles. The minimum atomic E-state index is -4.64. The molecule has 2 amide bonds. The monoisotopic (exact) mass is 296 g/mol. The molecular weight excluding hydrogens is 281 g/mol. The van der Waals surface area contributed by atoms with E-state index < -0.39 is 48.9 Å². The van der Waals surface area contributed by atoms with Crippen molar-refractivity contribution in [2.45, 2.75) is 12.6 Å². The number of carboxylic acids is 1. The third-order valence-electron chi connectivity index (χ3n) is 2.93. The van der Waals surface area contributed by atoms with Crippen LogP contribution in [0.4, 0.5) is 13.2 Å². The third kappa shape index (κ3) is 4.39. The van der Waals surface area contributed by atoms with Gasteiger partial charge in [0, 0.05) is 14.1 Å². The van der Waals surface area contributed by atoms with E-state index >= 15 is 0 Å². The topological polar surface area (TPSA) is 77.9 Å². The number of alkyl halides is 3. The molecule has 20 heavy (non-hydrogen) atoms. The number of nitrogens with zero attached hydrogens (tertiary/aromatic N) is 2. The highest BCUT2D eigenvalue weighted by atomic mass is 19.4. The fourth-order valence-electron chi connectivity index (χ4n) is 1.71. The highest BCUT2D eigenvalue weighted by Gasteiger charge is 2.51. The summed E-state index contributed by atoms with van der Waals surface area (Å²) in [6.45, 7) is -2.28. The molecule has 0 aromatic rings. The lowest BCUT2D eigenvalue weighted by Crippen LogP contribution is -2.45. The fraction of sp³-hybridized carbons (Fsp3) is 0.727. The quantitative estimate of drug-likeness (QED) is 0.785. The summed E-state index contributed by atoms with van der Waals surface area (Å²) in [6, 6.07) is 0. The number of aliphatic carboxylic acids is 1. The molecule has 0 aromatic heterocycles. The molecule has 0 aromatic carbocycles. The number of rotatable bonds is 5. The van der Waals surface area contributed by atoms with Gasteiger partial charge >= 0.3 is 12.1 Å². The first-order valence-electron chi connectivity index (χ1n) is 5.81. The van der Waals surface area contributed by atoms with Gasteiger partial charge < -0.3 is 14.9 Å². The molecule has 1 N–H and O–H groups in total. The van der Waals surface area contributed by atoms with Gasteiger partial charge in [-0.25, -0.2) is 0 Å². The first-order chi connectivity index (χ1) is 9.03. The highest BCUT2D eigenvalue weighted by molar-refractivity contribution is 5.91. The molecule has 0 unspecified atom stereocenters. The zero-order valence-electron chi connectivity index (χ0n) is 11.0. The van der Waals surface area contributed by atoms with E-state index in [0.717, 1.165) is 4.90 Å². The summed E-state index contributed by atoms with van der Waals surface area (Å²) >= 11 is 0. The van der Waals surface area contributed by atoms with Gasteiger partial charge in [-0.05, 0) is 6.42 Å².